The van der Waals surface area contributed by atoms with E-state index in [1.807, 2.05) is 0 Å². The molecule has 1 rings (SSSR count). The molecule has 0 aliphatic rings. The lowest BCUT2D eigenvalue weighted by Gasteiger charge is -2.04. The summed E-state index contributed by atoms with van der Waals surface area (Å²) in [5.41, 5.74) is 0. The minimum atomic E-state index is -2.82. The second-order valence-corrected chi connectivity index (χ2v) is 3.03. The molecule has 15 heavy (non-hydrogen) atoms. The molecule has 1 heterocycles. The topological polar surface area (TPSA) is 68.4 Å². The van der Waals surface area contributed by atoms with Crippen LogP contribution in [0.15, 0.2) is 4.52 Å². The molecule has 0 spiro atoms. The summed E-state index contributed by atoms with van der Waals surface area (Å²) in [7, 11) is 1.47. The Labute approximate surface area is 85.0 Å². The van der Waals surface area contributed by atoms with Crippen molar-refractivity contribution in [2.75, 3.05) is 7.11 Å². The van der Waals surface area contributed by atoms with E-state index in [-0.39, 0.29) is 24.2 Å². The van der Waals surface area contributed by atoms with Gasteiger partial charge in [0.1, 0.15) is 12.2 Å². The van der Waals surface area contributed by atoms with Crippen LogP contribution in [0.1, 0.15) is 24.7 Å². The number of methoxy groups -OCH3 is 1. The molecule has 0 aromatic carbocycles. The van der Waals surface area contributed by atoms with E-state index in [9.17, 15) is 8.78 Å². The van der Waals surface area contributed by atoms with Gasteiger partial charge in [0.05, 0.1) is 6.42 Å². The number of alkyl halides is 2. The molecular formula is C8H12F2N2O3. The first-order valence-corrected chi connectivity index (χ1v) is 4.36. The fourth-order valence-corrected chi connectivity index (χ4v) is 0.889. The van der Waals surface area contributed by atoms with Crippen LogP contribution in [-0.4, -0.2) is 34.9 Å². The molecule has 2 atom stereocenters. The van der Waals surface area contributed by atoms with Crippen molar-refractivity contribution in [3.63, 3.8) is 0 Å². The number of ether oxygens (including phenoxy) is 1. The van der Waals surface area contributed by atoms with Crippen LogP contribution < -0.4 is 0 Å². The van der Waals surface area contributed by atoms with Gasteiger partial charge in [-0.1, -0.05) is 5.16 Å². The Bertz CT molecular complexity index is 306. The Morgan fingerprint density at radius 2 is 2.20 bits per heavy atom. The third-order valence-corrected chi connectivity index (χ3v) is 1.88. The summed E-state index contributed by atoms with van der Waals surface area (Å²) in [5, 5.41) is 12.4. The number of nitrogens with zero attached hydrogens (tertiary/aromatic N) is 2. The first-order valence-electron chi connectivity index (χ1n) is 4.36. The maximum absolute atomic E-state index is 12.0. The van der Waals surface area contributed by atoms with Crippen LogP contribution in [0.4, 0.5) is 8.78 Å². The molecule has 0 amide bonds. The number of halogens is 2. The highest BCUT2D eigenvalue weighted by atomic mass is 19.3. The Kier molecular flexibility index (Phi) is 4.10. The molecule has 7 heteroatoms. The van der Waals surface area contributed by atoms with Crippen molar-refractivity contribution in [1.82, 2.24) is 10.1 Å². The van der Waals surface area contributed by atoms with Crippen molar-refractivity contribution < 1.29 is 23.1 Å². The van der Waals surface area contributed by atoms with Gasteiger partial charge in [0, 0.05) is 7.11 Å². The van der Waals surface area contributed by atoms with Gasteiger partial charge >= 0.3 is 0 Å². The van der Waals surface area contributed by atoms with E-state index >= 15 is 0 Å². The van der Waals surface area contributed by atoms with Crippen LogP contribution in [0.2, 0.25) is 0 Å². The van der Waals surface area contributed by atoms with Gasteiger partial charge < -0.3 is 14.4 Å². The van der Waals surface area contributed by atoms with Crippen molar-refractivity contribution in [2.24, 2.45) is 0 Å². The molecule has 1 aromatic rings. The van der Waals surface area contributed by atoms with Crippen LogP contribution in [0.25, 0.3) is 0 Å². The summed E-state index contributed by atoms with van der Waals surface area (Å²) < 4.78 is 33.5. The summed E-state index contributed by atoms with van der Waals surface area (Å²) in [5.74, 6) is 0.246. The highest BCUT2D eigenvalue weighted by molar-refractivity contribution is 4.91. The quantitative estimate of drug-likeness (QED) is 0.803. The van der Waals surface area contributed by atoms with Gasteiger partial charge in [-0.25, -0.2) is 8.78 Å². The molecular weight excluding hydrogens is 210 g/mol. The molecule has 2 unspecified atom stereocenters. The largest absolute Gasteiger partial charge is 0.387 e. The number of rotatable bonds is 5. The van der Waals surface area contributed by atoms with Crippen molar-refractivity contribution in [3.05, 3.63) is 11.7 Å². The van der Waals surface area contributed by atoms with Gasteiger partial charge in [0.15, 0.2) is 5.82 Å². The first-order chi connectivity index (χ1) is 7.04. The van der Waals surface area contributed by atoms with E-state index in [0.29, 0.717) is 0 Å². The zero-order valence-electron chi connectivity index (χ0n) is 8.35. The standard InChI is InChI=1S/C8H12F2N2O3/c1-4(14-2)8-11-6(15-12-8)3-5(13)7(9)10/h4-5,7,13H,3H2,1-2H3. The first kappa shape index (κ1) is 12.0. The van der Waals surface area contributed by atoms with Crippen LogP contribution in [0.5, 0.6) is 0 Å². The second kappa shape index (κ2) is 5.13. The number of hydrogen-bond donors (Lipinski definition) is 1. The predicted molar refractivity (Wildman–Crippen MR) is 45.4 cm³/mol. The minimum Gasteiger partial charge on any atom is -0.387 e. The number of aromatic nitrogens is 2. The molecule has 1 N–H and O–H groups in total. The van der Waals surface area contributed by atoms with Crippen LogP contribution in [-0.2, 0) is 11.2 Å². The molecule has 0 aliphatic heterocycles. The number of aliphatic hydroxyl groups excluding tert-OH is 1. The summed E-state index contributed by atoms with van der Waals surface area (Å²) in [4.78, 5) is 3.81. The van der Waals surface area contributed by atoms with Gasteiger partial charge in [-0.05, 0) is 6.92 Å². The van der Waals surface area contributed by atoms with Gasteiger partial charge in [-0.2, -0.15) is 4.98 Å². The average Bonchev–Trinajstić information content (AvgIpc) is 2.65. The predicted octanol–water partition coefficient (Wildman–Crippen LogP) is 0.946. The van der Waals surface area contributed by atoms with E-state index in [0.717, 1.165) is 0 Å². The van der Waals surface area contributed by atoms with E-state index in [4.69, 9.17) is 9.84 Å². The Hall–Kier alpha value is -1.08. The van der Waals surface area contributed by atoms with Crippen molar-refractivity contribution in [1.29, 1.82) is 0 Å². The average molecular weight is 222 g/mol. The molecule has 0 bridgehead atoms. The fraction of sp³-hybridized carbons (Fsp3) is 0.750. The number of hydrogen-bond acceptors (Lipinski definition) is 5. The molecule has 0 radical (unpaired) electrons. The molecule has 1 aromatic heterocycles. The van der Waals surface area contributed by atoms with Gasteiger partial charge in [-0.15, -0.1) is 0 Å². The third kappa shape index (κ3) is 3.21. The molecule has 0 fully saturated rings. The molecule has 0 saturated carbocycles. The van der Waals surface area contributed by atoms with Gasteiger partial charge in [0.2, 0.25) is 5.89 Å². The summed E-state index contributed by atoms with van der Waals surface area (Å²) in [6, 6.07) is 0. The van der Waals surface area contributed by atoms with Crippen LogP contribution >= 0.6 is 0 Å². The monoisotopic (exact) mass is 222 g/mol. The fourth-order valence-electron chi connectivity index (χ4n) is 0.889. The van der Waals surface area contributed by atoms with Crippen molar-refractivity contribution >= 4 is 0 Å². The van der Waals surface area contributed by atoms with E-state index < -0.39 is 12.5 Å². The lowest BCUT2D eigenvalue weighted by atomic mass is 10.2. The van der Waals surface area contributed by atoms with E-state index in [2.05, 4.69) is 14.7 Å². The van der Waals surface area contributed by atoms with Crippen LogP contribution in [0.3, 0.4) is 0 Å². The van der Waals surface area contributed by atoms with E-state index in [1.54, 1.807) is 6.92 Å². The van der Waals surface area contributed by atoms with Crippen molar-refractivity contribution in [3.8, 4) is 0 Å². The molecule has 5 nitrogen and oxygen atoms in total. The Morgan fingerprint density at radius 3 is 2.73 bits per heavy atom. The SMILES string of the molecule is COC(C)c1noc(CC(O)C(F)F)n1. The Balaban J connectivity index is 2.60. The van der Waals surface area contributed by atoms with Gasteiger partial charge in [0.25, 0.3) is 6.43 Å². The van der Waals surface area contributed by atoms with E-state index in [1.165, 1.54) is 7.11 Å². The van der Waals surface area contributed by atoms with Crippen molar-refractivity contribution in [2.45, 2.75) is 32.0 Å². The highest BCUT2D eigenvalue weighted by Gasteiger charge is 2.21. The zero-order valence-corrected chi connectivity index (χ0v) is 8.35. The highest BCUT2D eigenvalue weighted by Crippen LogP contribution is 2.13. The molecule has 0 aliphatic carbocycles. The molecule has 0 saturated heterocycles. The Morgan fingerprint density at radius 1 is 1.53 bits per heavy atom. The summed E-state index contributed by atoms with van der Waals surface area (Å²) >= 11 is 0. The normalized spacial score (nSPS) is 15.6. The second-order valence-electron chi connectivity index (χ2n) is 3.03. The smallest absolute Gasteiger partial charge is 0.264 e. The number of aliphatic hydroxyl groups is 1. The minimum absolute atomic E-state index is 0.0262. The lowest BCUT2D eigenvalue weighted by molar-refractivity contribution is -0.00754. The third-order valence-electron chi connectivity index (χ3n) is 1.88. The van der Waals surface area contributed by atoms with Gasteiger partial charge in [-0.3, -0.25) is 0 Å². The lowest BCUT2D eigenvalue weighted by Crippen LogP contribution is -2.20. The molecule has 86 valence electrons. The summed E-state index contributed by atoms with van der Waals surface area (Å²) in [6.45, 7) is 1.69. The van der Waals surface area contributed by atoms with Crippen LogP contribution in [0, 0.1) is 0 Å². The maximum atomic E-state index is 12.0. The zero-order chi connectivity index (χ0) is 11.4. The maximum Gasteiger partial charge on any atom is 0.264 e. The summed E-state index contributed by atoms with van der Waals surface area (Å²) in [6.07, 6.45) is -5.33.